The van der Waals surface area contributed by atoms with E-state index in [2.05, 4.69) is 0 Å². The Morgan fingerprint density at radius 3 is 1.70 bits per heavy atom. The number of hydrogen-bond donors (Lipinski definition) is 2. The van der Waals surface area contributed by atoms with E-state index in [1.807, 2.05) is 0 Å². The maximum atomic E-state index is 11.1. The van der Waals surface area contributed by atoms with Crippen LogP contribution in [0.1, 0.15) is 12.8 Å². The lowest BCUT2D eigenvalue weighted by molar-refractivity contribution is -0.122. The van der Waals surface area contributed by atoms with Crippen LogP contribution in [0.4, 0.5) is 0 Å². The van der Waals surface area contributed by atoms with Crippen molar-refractivity contribution in [2.75, 3.05) is 0 Å². The zero-order valence-electron chi connectivity index (χ0n) is 5.53. The summed E-state index contributed by atoms with van der Waals surface area (Å²) in [6, 6.07) is 0. The van der Waals surface area contributed by atoms with Crippen LogP contribution in [0.5, 0.6) is 0 Å². The standard InChI is InChI=1S/C7H10O3/c8-5-3-1-2-4(5)7(10)6(3)9/h3-4,6-7,9-10H,1-2H2. The van der Waals surface area contributed by atoms with Crippen molar-refractivity contribution < 1.29 is 15.0 Å². The zero-order valence-corrected chi connectivity index (χ0v) is 5.53. The third kappa shape index (κ3) is 0.545. The second-order valence-electron chi connectivity index (χ2n) is 3.17. The first kappa shape index (κ1) is 6.31. The molecule has 2 saturated carbocycles. The third-order valence-corrected chi connectivity index (χ3v) is 2.69. The lowest BCUT2D eigenvalue weighted by Crippen LogP contribution is -2.31. The number of ketones is 1. The summed E-state index contributed by atoms with van der Waals surface area (Å²) in [4.78, 5) is 11.1. The van der Waals surface area contributed by atoms with E-state index >= 15 is 0 Å². The topological polar surface area (TPSA) is 57.5 Å². The maximum absolute atomic E-state index is 11.1. The molecule has 2 aliphatic carbocycles. The number of rotatable bonds is 0. The highest BCUT2D eigenvalue weighted by Crippen LogP contribution is 2.41. The van der Waals surface area contributed by atoms with Crippen molar-refractivity contribution in [3.8, 4) is 0 Å². The van der Waals surface area contributed by atoms with Crippen LogP contribution in [-0.4, -0.2) is 28.2 Å². The van der Waals surface area contributed by atoms with Gasteiger partial charge in [0.25, 0.3) is 0 Å². The van der Waals surface area contributed by atoms with Crippen LogP contribution in [-0.2, 0) is 4.79 Å². The molecule has 3 heteroatoms. The molecule has 2 N–H and O–H groups in total. The van der Waals surface area contributed by atoms with Gasteiger partial charge in [0, 0.05) is 11.8 Å². The lowest BCUT2D eigenvalue weighted by Gasteiger charge is -2.19. The Morgan fingerprint density at radius 2 is 1.50 bits per heavy atom. The van der Waals surface area contributed by atoms with E-state index in [9.17, 15) is 15.0 Å². The summed E-state index contributed by atoms with van der Waals surface area (Å²) in [6.45, 7) is 0. The molecule has 0 spiro atoms. The fourth-order valence-electron chi connectivity index (χ4n) is 2.07. The first-order chi connectivity index (χ1) is 4.72. The van der Waals surface area contributed by atoms with Crippen LogP contribution >= 0.6 is 0 Å². The highest BCUT2D eigenvalue weighted by molar-refractivity contribution is 5.89. The number of aliphatic hydroxyl groups excluding tert-OH is 2. The van der Waals surface area contributed by atoms with Gasteiger partial charge in [-0.2, -0.15) is 0 Å². The van der Waals surface area contributed by atoms with Gasteiger partial charge in [-0.3, -0.25) is 4.79 Å². The predicted molar refractivity (Wildman–Crippen MR) is 33.2 cm³/mol. The largest absolute Gasteiger partial charge is 0.390 e. The Labute approximate surface area is 58.7 Å². The van der Waals surface area contributed by atoms with Crippen molar-refractivity contribution in [3.05, 3.63) is 0 Å². The Bertz CT molecular complexity index is 160. The normalized spacial score (nSPS) is 52.4. The van der Waals surface area contributed by atoms with Gasteiger partial charge in [0.15, 0.2) is 0 Å². The van der Waals surface area contributed by atoms with Gasteiger partial charge in [0.1, 0.15) is 5.78 Å². The predicted octanol–water partition coefficient (Wildman–Crippen LogP) is -0.683. The summed E-state index contributed by atoms with van der Waals surface area (Å²) in [7, 11) is 0. The fourth-order valence-corrected chi connectivity index (χ4v) is 2.07. The molecule has 0 aromatic rings. The summed E-state index contributed by atoms with van der Waals surface area (Å²) in [5.74, 6) is -0.431. The minimum atomic E-state index is -0.772. The zero-order chi connectivity index (χ0) is 7.30. The van der Waals surface area contributed by atoms with Gasteiger partial charge in [0.05, 0.1) is 12.2 Å². The van der Waals surface area contributed by atoms with Gasteiger partial charge in [0.2, 0.25) is 0 Å². The van der Waals surface area contributed by atoms with Gasteiger partial charge in [-0.25, -0.2) is 0 Å². The van der Waals surface area contributed by atoms with E-state index in [-0.39, 0.29) is 17.6 Å². The third-order valence-electron chi connectivity index (χ3n) is 2.69. The summed E-state index contributed by atoms with van der Waals surface area (Å²) >= 11 is 0. The van der Waals surface area contributed by atoms with E-state index in [0.29, 0.717) is 0 Å². The minimum Gasteiger partial charge on any atom is -0.390 e. The molecule has 10 heavy (non-hydrogen) atoms. The molecule has 2 rings (SSSR count). The van der Waals surface area contributed by atoms with Crippen molar-refractivity contribution >= 4 is 5.78 Å². The molecule has 56 valence electrons. The molecule has 0 heterocycles. The van der Waals surface area contributed by atoms with Crippen LogP contribution in [0.15, 0.2) is 0 Å². The SMILES string of the molecule is O=C1C2CCC1C(O)C2O. The van der Waals surface area contributed by atoms with Crippen LogP contribution < -0.4 is 0 Å². The molecule has 0 saturated heterocycles. The van der Waals surface area contributed by atoms with Crippen LogP contribution in [0.25, 0.3) is 0 Å². The number of fused-ring (bicyclic) bond motifs is 2. The molecular weight excluding hydrogens is 132 g/mol. The van der Waals surface area contributed by atoms with Crippen LogP contribution in [0.3, 0.4) is 0 Å². The molecule has 0 radical (unpaired) electrons. The summed E-state index contributed by atoms with van der Waals surface area (Å²) < 4.78 is 0. The maximum Gasteiger partial charge on any atom is 0.144 e. The number of hydrogen-bond acceptors (Lipinski definition) is 3. The monoisotopic (exact) mass is 142 g/mol. The first-order valence-corrected chi connectivity index (χ1v) is 3.61. The Kier molecular flexibility index (Phi) is 1.13. The van der Waals surface area contributed by atoms with E-state index in [1.54, 1.807) is 0 Å². The smallest absolute Gasteiger partial charge is 0.144 e. The van der Waals surface area contributed by atoms with E-state index in [0.717, 1.165) is 12.8 Å². The molecule has 0 aliphatic heterocycles. The summed E-state index contributed by atoms with van der Waals surface area (Å²) in [6.07, 6.45) is -0.0128. The van der Waals surface area contributed by atoms with Gasteiger partial charge in [-0.05, 0) is 12.8 Å². The van der Waals surface area contributed by atoms with E-state index in [4.69, 9.17) is 0 Å². The van der Waals surface area contributed by atoms with E-state index < -0.39 is 12.2 Å². The molecule has 2 aliphatic rings. The molecule has 0 aromatic heterocycles. The van der Waals surface area contributed by atoms with E-state index in [1.165, 1.54) is 0 Å². The molecule has 3 nitrogen and oxygen atoms in total. The van der Waals surface area contributed by atoms with Gasteiger partial charge < -0.3 is 10.2 Å². The molecule has 4 atom stereocenters. The van der Waals surface area contributed by atoms with Crippen molar-refractivity contribution in [1.29, 1.82) is 0 Å². The number of carbonyl (C=O) groups is 1. The van der Waals surface area contributed by atoms with Gasteiger partial charge >= 0.3 is 0 Å². The van der Waals surface area contributed by atoms with Crippen molar-refractivity contribution in [2.45, 2.75) is 25.0 Å². The molecule has 2 fully saturated rings. The first-order valence-electron chi connectivity index (χ1n) is 3.61. The van der Waals surface area contributed by atoms with Crippen LogP contribution in [0.2, 0.25) is 0 Å². The van der Waals surface area contributed by atoms with Crippen LogP contribution in [0, 0.1) is 11.8 Å². The number of carbonyl (C=O) groups excluding carboxylic acids is 1. The van der Waals surface area contributed by atoms with Crippen molar-refractivity contribution in [2.24, 2.45) is 11.8 Å². The molecule has 0 amide bonds. The molecule has 4 unspecified atom stereocenters. The highest BCUT2D eigenvalue weighted by Gasteiger charge is 2.52. The Hall–Kier alpha value is -0.410. The molecular formula is C7H10O3. The molecule has 0 aromatic carbocycles. The van der Waals surface area contributed by atoms with Gasteiger partial charge in [-0.1, -0.05) is 0 Å². The fraction of sp³-hybridized carbons (Fsp3) is 0.857. The van der Waals surface area contributed by atoms with Gasteiger partial charge in [-0.15, -0.1) is 0 Å². The highest BCUT2D eigenvalue weighted by atomic mass is 16.3. The second kappa shape index (κ2) is 1.80. The minimum absolute atomic E-state index is 0.0694. The summed E-state index contributed by atoms with van der Waals surface area (Å²) in [5, 5.41) is 18.4. The van der Waals surface area contributed by atoms with Crippen molar-refractivity contribution in [3.63, 3.8) is 0 Å². The Morgan fingerprint density at radius 1 is 1.10 bits per heavy atom. The Balaban J connectivity index is 2.29. The van der Waals surface area contributed by atoms with Crippen molar-refractivity contribution in [1.82, 2.24) is 0 Å². The summed E-state index contributed by atoms with van der Waals surface area (Å²) in [5.41, 5.74) is 0. The number of aliphatic hydroxyl groups is 2. The average Bonchev–Trinajstić information content (AvgIpc) is 2.34. The average molecular weight is 142 g/mol. The lowest BCUT2D eigenvalue weighted by atomic mass is 9.95. The molecule has 2 bridgehead atoms. The number of Topliss-reactive ketones (excluding diaryl/α,β-unsaturated/α-hetero) is 1. The second-order valence-corrected chi connectivity index (χ2v) is 3.17. The quantitative estimate of drug-likeness (QED) is 0.471.